The summed E-state index contributed by atoms with van der Waals surface area (Å²) in [5.41, 5.74) is 14.0. The standard InChI is InChI=1S/3C14H12.C6H9N3.6C2H6.3Y/c1-11-3-7-13(8-4-11)14-9-5-12(2)6-10-14;1-11-5-3-7-13(9-11)14-8-4-6-12(2)10-14;1-11-6-8-13(9-7-11)14-5-3-4-12(2)10-14;1-4-7-5(2)9-6(3)8-4;6*1-2;;;/h3-7,9H,1-2H3;3-8H,1-2H3;3-4,6-8,10H,1-2H3;1-3H3;6*1-2H3;;;/q3*-2;;;;;;;;;;. The maximum absolute atomic E-state index is 4.01. The van der Waals surface area contributed by atoms with Crippen LogP contribution < -0.4 is 0 Å². The first-order valence-electron chi connectivity index (χ1n) is 23.0. The van der Waals surface area contributed by atoms with Crippen molar-refractivity contribution in [2.75, 3.05) is 0 Å². The Bertz CT molecular complexity index is 1990. The molecule has 0 saturated carbocycles. The van der Waals surface area contributed by atoms with Crippen LogP contribution in [0.5, 0.6) is 0 Å². The smallest absolute Gasteiger partial charge is 0.129 e. The summed E-state index contributed by atoms with van der Waals surface area (Å²) in [4.78, 5) is 12.0. The minimum absolute atomic E-state index is 0. The van der Waals surface area contributed by atoms with Gasteiger partial charge in [-0.2, -0.15) is 127 Å². The van der Waals surface area contributed by atoms with Gasteiger partial charge in [0, 0.05) is 98.1 Å². The molecule has 0 fully saturated rings. The van der Waals surface area contributed by atoms with Gasteiger partial charge in [-0.05, 0) is 20.8 Å². The maximum atomic E-state index is 4.01. The number of nitrogens with zero attached hydrogens (tertiary/aromatic N) is 3. The van der Waals surface area contributed by atoms with Gasteiger partial charge in [0.1, 0.15) is 17.5 Å². The predicted molar refractivity (Wildman–Crippen MR) is 279 cm³/mol. The predicted octanol–water partition coefficient (Wildman–Crippen LogP) is 17.7. The van der Waals surface area contributed by atoms with Crippen LogP contribution in [0.3, 0.4) is 0 Å². The minimum Gasteiger partial charge on any atom is -0.226 e. The number of rotatable bonds is 3. The number of aromatic nitrogens is 3. The van der Waals surface area contributed by atoms with Gasteiger partial charge in [-0.3, -0.25) is 0 Å². The van der Waals surface area contributed by atoms with E-state index >= 15 is 0 Å². The van der Waals surface area contributed by atoms with Crippen LogP contribution in [0.25, 0.3) is 33.4 Å². The SMILES string of the molecule is CC.CC.CC.CC.CC.CC.Cc1[c-]c(-c2[c-]c(C)ccc2)ccc1.Cc1c[c-]c(-c2[c-]cc(C)cc2)cc1.Cc1c[c-]c(-c2[c-]ccc(C)c2)cc1.Cc1nc(C)nc(C)n1.[Y].[Y].[Y]. The van der Waals surface area contributed by atoms with E-state index in [1.165, 1.54) is 22.3 Å². The Morgan fingerprint density at radius 2 is 0.606 bits per heavy atom. The van der Waals surface area contributed by atoms with Crippen molar-refractivity contribution in [3.8, 4) is 33.4 Å². The van der Waals surface area contributed by atoms with E-state index in [4.69, 9.17) is 0 Å². The average Bonchev–Trinajstić information content (AvgIpc) is 3.31. The van der Waals surface area contributed by atoms with E-state index in [2.05, 4.69) is 178 Å². The molecule has 0 aliphatic heterocycles. The van der Waals surface area contributed by atoms with Gasteiger partial charge in [-0.15, -0.1) is 51.6 Å². The molecule has 0 N–H and O–H groups in total. The largest absolute Gasteiger partial charge is 0.226 e. The summed E-state index contributed by atoms with van der Waals surface area (Å²) in [5.74, 6) is 2.38. The average molecular weight is 1110 g/mol. The van der Waals surface area contributed by atoms with Crippen molar-refractivity contribution in [3.63, 3.8) is 0 Å². The van der Waals surface area contributed by atoms with E-state index in [0.29, 0.717) is 0 Å². The second-order valence-corrected chi connectivity index (χ2v) is 12.6. The molecule has 0 spiro atoms. The Hall–Kier alpha value is -2.36. The van der Waals surface area contributed by atoms with Crippen LogP contribution in [0.1, 0.15) is 134 Å². The van der Waals surface area contributed by atoms with Gasteiger partial charge in [0.25, 0.3) is 0 Å². The van der Waals surface area contributed by atoms with E-state index in [1.54, 1.807) is 0 Å². The number of hydrogen-bond acceptors (Lipinski definition) is 3. The summed E-state index contributed by atoms with van der Waals surface area (Å²) in [6, 6.07) is 56.6. The molecule has 351 valence electrons. The van der Waals surface area contributed by atoms with Crippen LogP contribution >= 0.6 is 0 Å². The van der Waals surface area contributed by atoms with Gasteiger partial charge in [-0.1, -0.05) is 125 Å². The fourth-order valence-electron chi connectivity index (χ4n) is 5.01. The molecule has 0 amide bonds. The monoisotopic (exact) mass is 1110 g/mol. The fraction of sp³-hybridized carbons (Fsp3) is 0.350. The van der Waals surface area contributed by atoms with E-state index in [0.717, 1.165) is 62.0 Å². The van der Waals surface area contributed by atoms with Gasteiger partial charge in [0.2, 0.25) is 0 Å². The van der Waals surface area contributed by atoms with Crippen LogP contribution in [0.15, 0.2) is 109 Å². The Labute approximate surface area is 482 Å². The second-order valence-electron chi connectivity index (χ2n) is 12.6. The first-order chi connectivity index (χ1) is 30.4. The molecule has 0 aliphatic rings. The Balaban J connectivity index is -0.000000168. The number of aryl methyl sites for hydroxylation is 9. The Morgan fingerprint density at radius 3 is 0.864 bits per heavy atom. The van der Waals surface area contributed by atoms with Crippen LogP contribution in [-0.2, 0) is 98.1 Å². The maximum Gasteiger partial charge on any atom is 0.129 e. The quantitative estimate of drug-likeness (QED) is 0.166. The molecule has 1 heterocycles. The fourth-order valence-corrected chi connectivity index (χ4v) is 5.01. The van der Waals surface area contributed by atoms with E-state index in [1.807, 2.05) is 128 Å². The first-order valence-corrected chi connectivity index (χ1v) is 23.0. The molecule has 0 atom stereocenters. The van der Waals surface area contributed by atoms with E-state index in [-0.39, 0.29) is 98.1 Å². The van der Waals surface area contributed by atoms with E-state index < -0.39 is 0 Å². The molecule has 7 rings (SSSR count). The van der Waals surface area contributed by atoms with Gasteiger partial charge < -0.3 is 0 Å². The van der Waals surface area contributed by atoms with Gasteiger partial charge in [0.15, 0.2) is 0 Å². The molecule has 7 aromatic rings. The van der Waals surface area contributed by atoms with Crippen molar-refractivity contribution in [1.82, 2.24) is 15.0 Å². The summed E-state index contributed by atoms with van der Waals surface area (Å²) in [7, 11) is 0. The Kier molecular flexibility index (Phi) is 55.9. The zero-order valence-corrected chi connectivity index (χ0v) is 53.5. The number of benzene rings is 6. The Morgan fingerprint density at radius 1 is 0.303 bits per heavy atom. The third kappa shape index (κ3) is 34.0. The third-order valence-corrected chi connectivity index (χ3v) is 7.59. The van der Waals surface area contributed by atoms with Gasteiger partial charge in [0.05, 0.1) is 0 Å². The topological polar surface area (TPSA) is 38.7 Å². The molecule has 0 bridgehead atoms. The molecule has 6 aromatic carbocycles. The van der Waals surface area contributed by atoms with Crippen molar-refractivity contribution >= 4 is 0 Å². The molecule has 1 aromatic heterocycles. The molecular weight excluding hydrogens is 1030 g/mol. The van der Waals surface area contributed by atoms with E-state index in [9.17, 15) is 0 Å². The van der Waals surface area contributed by atoms with Crippen molar-refractivity contribution in [3.05, 3.63) is 196 Å². The van der Waals surface area contributed by atoms with Gasteiger partial charge in [-0.25, -0.2) is 48.3 Å². The normalized spacial score (nSPS) is 8.32. The number of hydrogen-bond donors (Lipinski definition) is 0. The van der Waals surface area contributed by atoms with Crippen molar-refractivity contribution in [1.29, 1.82) is 0 Å². The van der Waals surface area contributed by atoms with Crippen LogP contribution in [0, 0.1) is 98.7 Å². The summed E-state index contributed by atoms with van der Waals surface area (Å²) in [6.45, 7) is 42.0. The van der Waals surface area contributed by atoms with Crippen LogP contribution in [0.4, 0.5) is 0 Å². The van der Waals surface area contributed by atoms with Crippen molar-refractivity contribution in [2.24, 2.45) is 0 Å². The summed E-state index contributed by atoms with van der Waals surface area (Å²) >= 11 is 0. The molecule has 3 nitrogen and oxygen atoms in total. The molecule has 3 radical (unpaired) electrons. The molecular formula is C60H81N3Y3-6. The molecule has 0 unspecified atom stereocenters. The summed E-state index contributed by atoms with van der Waals surface area (Å²) < 4.78 is 0. The summed E-state index contributed by atoms with van der Waals surface area (Å²) in [6.07, 6.45) is 0. The molecule has 66 heavy (non-hydrogen) atoms. The van der Waals surface area contributed by atoms with Crippen molar-refractivity contribution in [2.45, 2.75) is 145 Å². The molecule has 6 heteroatoms. The molecule has 0 aliphatic carbocycles. The van der Waals surface area contributed by atoms with Crippen molar-refractivity contribution < 1.29 is 98.1 Å². The first kappa shape index (κ1) is 75.2. The summed E-state index contributed by atoms with van der Waals surface area (Å²) in [5, 5.41) is 0. The zero-order valence-electron chi connectivity index (χ0n) is 45.0. The zero-order chi connectivity index (χ0) is 48.8. The minimum atomic E-state index is 0. The second kappa shape index (κ2) is 49.1. The van der Waals surface area contributed by atoms with Crippen LogP contribution in [0.2, 0.25) is 0 Å². The van der Waals surface area contributed by atoms with Gasteiger partial charge >= 0.3 is 0 Å². The van der Waals surface area contributed by atoms with Crippen LogP contribution in [-0.4, -0.2) is 15.0 Å². The molecule has 0 saturated heterocycles. The third-order valence-electron chi connectivity index (χ3n) is 7.59.